The summed E-state index contributed by atoms with van der Waals surface area (Å²) in [5.74, 6) is 2.31. The zero-order valence-electron chi connectivity index (χ0n) is 23.8. The highest BCUT2D eigenvalue weighted by atomic mass is 16.5. The second-order valence-electron chi connectivity index (χ2n) is 9.75. The summed E-state index contributed by atoms with van der Waals surface area (Å²) in [6, 6.07) is 16.3. The van der Waals surface area contributed by atoms with Crippen LogP contribution in [0, 0.1) is 0 Å². The van der Waals surface area contributed by atoms with Gasteiger partial charge in [0.25, 0.3) is 11.5 Å². The van der Waals surface area contributed by atoms with Crippen molar-refractivity contribution in [2.24, 2.45) is 0 Å². The lowest BCUT2D eigenvalue weighted by Gasteiger charge is -2.16. The lowest BCUT2D eigenvalue weighted by molar-refractivity contribution is -0.127. The summed E-state index contributed by atoms with van der Waals surface area (Å²) in [4.78, 5) is 31.5. The molecule has 1 amide bonds. The molecule has 0 saturated carbocycles. The molecule has 3 heterocycles. The van der Waals surface area contributed by atoms with E-state index in [0.717, 1.165) is 16.3 Å². The van der Waals surface area contributed by atoms with Crippen LogP contribution in [-0.4, -0.2) is 49.8 Å². The zero-order valence-corrected chi connectivity index (χ0v) is 23.8. The van der Waals surface area contributed by atoms with E-state index < -0.39 is 6.10 Å². The van der Waals surface area contributed by atoms with E-state index in [2.05, 4.69) is 10.3 Å². The van der Waals surface area contributed by atoms with Crippen molar-refractivity contribution in [1.82, 2.24) is 14.7 Å². The van der Waals surface area contributed by atoms with Crippen LogP contribution >= 0.6 is 0 Å². The van der Waals surface area contributed by atoms with E-state index >= 15 is 0 Å². The molecule has 0 radical (unpaired) electrons. The van der Waals surface area contributed by atoms with E-state index in [4.69, 9.17) is 23.7 Å². The van der Waals surface area contributed by atoms with E-state index in [1.165, 1.54) is 14.2 Å². The average molecular weight is 568 g/mol. The summed E-state index contributed by atoms with van der Waals surface area (Å²) < 4.78 is 29.4. The number of rotatable bonds is 9. The Labute approximate surface area is 240 Å². The molecule has 10 heteroatoms. The summed E-state index contributed by atoms with van der Waals surface area (Å²) in [5.41, 5.74) is 2.63. The Morgan fingerprint density at radius 3 is 2.38 bits per heavy atom. The van der Waals surface area contributed by atoms with Crippen LogP contribution in [-0.2, 0) is 11.3 Å². The van der Waals surface area contributed by atoms with Crippen LogP contribution in [0.5, 0.6) is 28.7 Å². The van der Waals surface area contributed by atoms with Crippen molar-refractivity contribution in [2.75, 3.05) is 28.4 Å². The molecule has 0 saturated heterocycles. The summed E-state index contributed by atoms with van der Waals surface area (Å²) in [6.07, 6.45) is 0.935. The summed E-state index contributed by atoms with van der Waals surface area (Å²) in [7, 11) is 6.20. The number of methoxy groups -OCH3 is 4. The van der Waals surface area contributed by atoms with E-state index in [9.17, 15) is 9.59 Å². The fraction of sp³-hybridized carbons (Fsp3) is 0.219. The van der Waals surface area contributed by atoms with Crippen LogP contribution in [0.15, 0.2) is 65.6 Å². The van der Waals surface area contributed by atoms with Gasteiger partial charge in [0, 0.05) is 40.5 Å². The molecule has 10 nitrogen and oxygen atoms in total. The van der Waals surface area contributed by atoms with Crippen LogP contribution in [0.4, 0.5) is 0 Å². The average Bonchev–Trinajstić information content (AvgIpc) is 3.36. The van der Waals surface area contributed by atoms with Gasteiger partial charge in [-0.2, -0.15) is 0 Å². The molecule has 0 spiro atoms. The van der Waals surface area contributed by atoms with Gasteiger partial charge < -0.3 is 29.0 Å². The maximum Gasteiger partial charge on any atom is 0.267 e. The normalized spacial score (nSPS) is 12.1. The fourth-order valence-electron chi connectivity index (χ4n) is 5.46. The molecule has 3 aromatic carbocycles. The van der Waals surface area contributed by atoms with Crippen LogP contribution in [0.1, 0.15) is 12.5 Å². The van der Waals surface area contributed by atoms with E-state index in [0.29, 0.717) is 56.1 Å². The first-order valence-corrected chi connectivity index (χ1v) is 13.3. The standard InChI is InChI=1S/C32H29N3O7/c1-17(31(36)34-16-18-6-7-19(38-2)15-26(18)40-4)42-20-8-10-24-23(14-20)21-12-13-33-28-22-9-11-25(39-3)30(41-5)27(22)32(37)35(24)29(21)28/h6-15,17H,16H2,1-5H3,(H,34,36)/t17-/m1/s1. The lowest BCUT2D eigenvalue weighted by Crippen LogP contribution is -2.36. The first-order chi connectivity index (χ1) is 20.4. The molecule has 42 heavy (non-hydrogen) atoms. The van der Waals surface area contributed by atoms with Crippen molar-refractivity contribution in [1.29, 1.82) is 0 Å². The zero-order chi connectivity index (χ0) is 29.5. The monoisotopic (exact) mass is 567 g/mol. The van der Waals surface area contributed by atoms with E-state index in [-0.39, 0.29) is 18.0 Å². The van der Waals surface area contributed by atoms with Gasteiger partial charge in [-0.15, -0.1) is 0 Å². The first-order valence-electron chi connectivity index (χ1n) is 13.3. The predicted molar refractivity (Wildman–Crippen MR) is 160 cm³/mol. The molecule has 214 valence electrons. The number of amides is 1. The molecule has 0 fully saturated rings. The molecular weight excluding hydrogens is 538 g/mol. The van der Waals surface area contributed by atoms with Crippen LogP contribution in [0.3, 0.4) is 0 Å². The van der Waals surface area contributed by atoms with Gasteiger partial charge in [-0.25, -0.2) is 0 Å². The van der Waals surface area contributed by atoms with Crippen molar-refractivity contribution in [2.45, 2.75) is 19.6 Å². The Kier molecular flexibility index (Phi) is 6.82. The summed E-state index contributed by atoms with van der Waals surface area (Å²) in [5, 5.41) is 5.61. The van der Waals surface area contributed by atoms with Gasteiger partial charge in [0.05, 0.1) is 50.4 Å². The third-order valence-electron chi connectivity index (χ3n) is 7.49. The fourth-order valence-corrected chi connectivity index (χ4v) is 5.46. The van der Waals surface area contributed by atoms with Gasteiger partial charge in [-0.05, 0) is 55.5 Å². The summed E-state index contributed by atoms with van der Waals surface area (Å²) >= 11 is 0. The maximum atomic E-state index is 13.9. The number of nitrogens with one attached hydrogen (secondary N) is 1. The van der Waals surface area contributed by atoms with Crippen molar-refractivity contribution in [3.8, 4) is 28.7 Å². The number of hydrogen-bond acceptors (Lipinski definition) is 8. The van der Waals surface area contributed by atoms with Crippen molar-refractivity contribution in [3.63, 3.8) is 0 Å². The highest BCUT2D eigenvalue weighted by molar-refractivity contribution is 6.19. The van der Waals surface area contributed by atoms with Crippen molar-refractivity contribution >= 4 is 44.0 Å². The number of fused-ring (bicyclic) bond motifs is 5. The molecule has 0 unspecified atom stereocenters. The van der Waals surface area contributed by atoms with Gasteiger partial charge in [0.15, 0.2) is 17.6 Å². The Hall–Kier alpha value is -5.25. The second-order valence-corrected chi connectivity index (χ2v) is 9.75. The second kappa shape index (κ2) is 10.6. The van der Waals surface area contributed by atoms with Crippen molar-refractivity contribution in [3.05, 3.63) is 76.7 Å². The SMILES string of the molecule is COc1ccc(CNC(=O)[C@@H](C)Oc2ccc3c(c2)c2ccnc4c5ccc(OC)c(OC)c5c(=O)n3c24)c(OC)c1. The number of aromatic nitrogens is 2. The largest absolute Gasteiger partial charge is 0.497 e. The minimum absolute atomic E-state index is 0.239. The molecule has 0 aliphatic heterocycles. The van der Waals surface area contributed by atoms with E-state index in [1.54, 1.807) is 49.9 Å². The van der Waals surface area contributed by atoms with Crippen molar-refractivity contribution < 1.29 is 28.5 Å². The highest BCUT2D eigenvalue weighted by Gasteiger charge is 2.23. The molecule has 0 aliphatic carbocycles. The van der Waals surface area contributed by atoms with Crippen LogP contribution < -0.4 is 34.6 Å². The molecular formula is C32H29N3O7. The minimum atomic E-state index is -0.782. The molecule has 3 aromatic heterocycles. The lowest BCUT2D eigenvalue weighted by atomic mass is 10.1. The molecule has 1 atom stereocenters. The smallest absolute Gasteiger partial charge is 0.267 e. The quantitative estimate of drug-likeness (QED) is 0.250. The van der Waals surface area contributed by atoms with Gasteiger partial charge in [-0.3, -0.25) is 19.0 Å². The van der Waals surface area contributed by atoms with Gasteiger partial charge in [0.1, 0.15) is 17.2 Å². The number of nitrogens with zero attached hydrogens (tertiary/aromatic N) is 2. The number of benzene rings is 3. The van der Waals surface area contributed by atoms with Gasteiger partial charge >= 0.3 is 0 Å². The number of pyridine rings is 2. The molecule has 0 bridgehead atoms. The third kappa shape index (κ3) is 4.23. The van der Waals surface area contributed by atoms with Crippen LogP contribution in [0.2, 0.25) is 0 Å². The topological polar surface area (TPSA) is 110 Å². The van der Waals surface area contributed by atoms with Gasteiger partial charge in [0.2, 0.25) is 0 Å². The first kappa shape index (κ1) is 26.9. The van der Waals surface area contributed by atoms with E-state index in [1.807, 2.05) is 36.4 Å². The van der Waals surface area contributed by atoms with Gasteiger partial charge in [-0.1, -0.05) is 0 Å². The summed E-state index contributed by atoms with van der Waals surface area (Å²) in [6.45, 7) is 1.95. The Morgan fingerprint density at radius 2 is 1.64 bits per heavy atom. The third-order valence-corrected chi connectivity index (χ3v) is 7.49. The molecule has 6 rings (SSSR count). The Bertz CT molecular complexity index is 2040. The maximum absolute atomic E-state index is 13.9. The Morgan fingerprint density at radius 1 is 0.857 bits per heavy atom. The number of carbonyl (C=O) groups is 1. The molecule has 6 aromatic rings. The number of ether oxygens (including phenoxy) is 5. The molecule has 0 aliphatic rings. The molecule has 1 N–H and O–H groups in total. The minimum Gasteiger partial charge on any atom is -0.497 e. The number of carbonyl (C=O) groups excluding carboxylic acids is 1. The van der Waals surface area contributed by atoms with Crippen LogP contribution in [0.25, 0.3) is 38.1 Å². The number of hydrogen-bond donors (Lipinski definition) is 1. The predicted octanol–water partition coefficient (Wildman–Crippen LogP) is 4.71. The highest BCUT2D eigenvalue weighted by Crippen LogP contribution is 2.39. The Balaban J connectivity index is 1.35.